The zero-order valence-electron chi connectivity index (χ0n) is 9.57. The molecule has 1 rings (SSSR count). The van der Waals surface area contributed by atoms with Crippen molar-refractivity contribution in [2.45, 2.75) is 33.1 Å². The molecule has 0 saturated carbocycles. The topological polar surface area (TPSA) is 52.1 Å². The molecule has 0 amide bonds. The monoisotopic (exact) mass is 208 g/mol. The lowest BCUT2D eigenvalue weighted by Crippen LogP contribution is -2.15. The van der Waals surface area contributed by atoms with Gasteiger partial charge < -0.3 is 4.74 Å². The lowest BCUT2D eigenvalue weighted by atomic mass is 9.92. The SMILES string of the molecule is CC(=O)COc1nccc(C(C)(C)C)n1. The van der Waals surface area contributed by atoms with Crippen LogP contribution < -0.4 is 4.74 Å². The van der Waals surface area contributed by atoms with Gasteiger partial charge in [-0.15, -0.1) is 0 Å². The summed E-state index contributed by atoms with van der Waals surface area (Å²) < 4.78 is 5.13. The van der Waals surface area contributed by atoms with E-state index >= 15 is 0 Å². The van der Waals surface area contributed by atoms with E-state index < -0.39 is 0 Å². The maximum atomic E-state index is 10.7. The van der Waals surface area contributed by atoms with Gasteiger partial charge in [0, 0.05) is 11.6 Å². The molecule has 0 atom stereocenters. The van der Waals surface area contributed by atoms with Crippen molar-refractivity contribution in [1.82, 2.24) is 9.97 Å². The second-order valence-corrected chi connectivity index (χ2v) is 4.47. The average Bonchev–Trinajstić information content (AvgIpc) is 2.14. The Morgan fingerprint density at radius 1 is 1.47 bits per heavy atom. The predicted octanol–water partition coefficient (Wildman–Crippen LogP) is 1.74. The molecule has 0 aromatic carbocycles. The van der Waals surface area contributed by atoms with Gasteiger partial charge in [0.25, 0.3) is 0 Å². The van der Waals surface area contributed by atoms with Crippen molar-refractivity contribution >= 4 is 5.78 Å². The smallest absolute Gasteiger partial charge is 0.317 e. The molecule has 0 unspecified atom stereocenters. The Morgan fingerprint density at radius 2 is 2.13 bits per heavy atom. The average molecular weight is 208 g/mol. The van der Waals surface area contributed by atoms with Crippen molar-refractivity contribution < 1.29 is 9.53 Å². The third-order valence-electron chi connectivity index (χ3n) is 1.81. The molecule has 0 radical (unpaired) electrons. The standard InChI is InChI=1S/C11H16N2O2/c1-8(14)7-15-10-12-6-5-9(13-10)11(2,3)4/h5-6H,7H2,1-4H3. The van der Waals surface area contributed by atoms with Crippen LogP contribution in [0, 0.1) is 0 Å². The largest absolute Gasteiger partial charge is 0.455 e. The summed E-state index contributed by atoms with van der Waals surface area (Å²) in [5.74, 6) is -0.0419. The normalized spacial score (nSPS) is 11.2. The molecule has 1 aromatic rings. The molecule has 4 nitrogen and oxygen atoms in total. The summed E-state index contributed by atoms with van der Waals surface area (Å²) in [6.07, 6.45) is 1.64. The fourth-order valence-corrected chi connectivity index (χ4v) is 0.994. The predicted molar refractivity (Wildman–Crippen MR) is 56.9 cm³/mol. The van der Waals surface area contributed by atoms with Gasteiger partial charge in [-0.05, 0) is 13.0 Å². The number of rotatable bonds is 3. The highest BCUT2D eigenvalue weighted by molar-refractivity contribution is 5.76. The number of ketones is 1. The summed E-state index contributed by atoms with van der Waals surface area (Å²) in [7, 11) is 0. The van der Waals surface area contributed by atoms with Crippen LogP contribution in [0.1, 0.15) is 33.4 Å². The Bertz CT molecular complexity index is 356. The van der Waals surface area contributed by atoms with Crippen LogP contribution in [-0.2, 0) is 10.2 Å². The number of nitrogens with zero attached hydrogens (tertiary/aromatic N) is 2. The number of aromatic nitrogens is 2. The first-order chi connectivity index (χ1) is 6.89. The van der Waals surface area contributed by atoms with E-state index in [2.05, 4.69) is 30.7 Å². The third kappa shape index (κ3) is 3.65. The molecule has 1 aromatic heterocycles. The van der Waals surface area contributed by atoms with Gasteiger partial charge in [-0.2, -0.15) is 4.98 Å². The summed E-state index contributed by atoms with van der Waals surface area (Å²) in [4.78, 5) is 18.9. The zero-order valence-corrected chi connectivity index (χ0v) is 9.57. The van der Waals surface area contributed by atoms with Crippen LogP contribution in [0.5, 0.6) is 6.01 Å². The maximum absolute atomic E-state index is 10.7. The molecule has 0 N–H and O–H groups in total. The molecule has 0 saturated heterocycles. The van der Waals surface area contributed by atoms with E-state index in [1.165, 1.54) is 6.92 Å². The van der Waals surface area contributed by atoms with E-state index in [-0.39, 0.29) is 23.8 Å². The molecular weight excluding hydrogens is 192 g/mol. The van der Waals surface area contributed by atoms with E-state index in [9.17, 15) is 4.79 Å². The zero-order chi connectivity index (χ0) is 11.5. The highest BCUT2D eigenvalue weighted by Gasteiger charge is 2.16. The highest BCUT2D eigenvalue weighted by atomic mass is 16.5. The molecule has 0 aliphatic carbocycles. The number of hydrogen-bond acceptors (Lipinski definition) is 4. The summed E-state index contributed by atoms with van der Waals surface area (Å²) >= 11 is 0. The first-order valence-corrected chi connectivity index (χ1v) is 4.85. The number of carbonyl (C=O) groups excluding carboxylic acids is 1. The molecule has 1 heterocycles. The van der Waals surface area contributed by atoms with Crippen molar-refractivity contribution in [1.29, 1.82) is 0 Å². The quantitative estimate of drug-likeness (QED) is 0.759. The summed E-state index contributed by atoms with van der Waals surface area (Å²) in [6, 6.07) is 2.11. The summed E-state index contributed by atoms with van der Waals surface area (Å²) in [5.41, 5.74) is 0.855. The Labute approximate surface area is 89.7 Å². The van der Waals surface area contributed by atoms with Crippen molar-refractivity contribution in [2.75, 3.05) is 6.61 Å². The van der Waals surface area contributed by atoms with E-state index in [0.29, 0.717) is 0 Å². The molecule has 0 aliphatic rings. The maximum Gasteiger partial charge on any atom is 0.317 e. The fourth-order valence-electron chi connectivity index (χ4n) is 0.994. The van der Waals surface area contributed by atoms with Crippen LogP contribution in [0.25, 0.3) is 0 Å². The minimum atomic E-state index is -0.0444. The second-order valence-electron chi connectivity index (χ2n) is 4.47. The van der Waals surface area contributed by atoms with Gasteiger partial charge in [0.2, 0.25) is 0 Å². The minimum absolute atomic E-state index is 0.0214. The van der Waals surface area contributed by atoms with Gasteiger partial charge in [0.05, 0.1) is 5.69 Å². The molecular formula is C11H16N2O2. The molecule has 82 valence electrons. The molecule has 0 fully saturated rings. The van der Waals surface area contributed by atoms with Crippen LogP contribution in [-0.4, -0.2) is 22.4 Å². The van der Waals surface area contributed by atoms with E-state index in [1.807, 2.05) is 6.07 Å². The number of ether oxygens (including phenoxy) is 1. The van der Waals surface area contributed by atoms with Gasteiger partial charge in [0.15, 0.2) is 5.78 Å². The van der Waals surface area contributed by atoms with E-state index in [1.54, 1.807) is 6.20 Å². The minimum Gasteiger partial charge on any atom is -0.455 e. The lowest BCUT2D eigenvalue weighted by Gasteiger charge is -2.17. The van der Waals surface area contributed by atoms with Crippen molar-refractivity contribution in [3.63, 3.8) is 0 Å². The van der Waals surface area contributed by atoms with Gasteiger partial charge in [-0.25, -0.2) is 4.98 Å². The van der Waals surface area contributed by atoms with E-state index in [4.69, 9.17) is 4.74 Å². The Hall–Kier alpha value is -1.45. The van der Waals surface area contributed by atoms with Crippen LogP contribution in [0.15, 0.2) is 12.3 Å². The van der Waals surface area contributed by atoms with Gasteiger partial charge in [-0.3, -0.25) is 4.79 Å². The lowest BCUT2D eigenvalue weighted by molar-refractivity contribution is -0.119. The van der Waals surface area contributed by atoms with E-state index in [0.717, 1.165) is 5.69 Å². The van der Waals surface area contributed by atoms with Crippen molar-refractivity contribution in [3.05, 3.63) is 18.0 Å². The molecule has 4 heteroatoms. The third-order valence-corrected chi connectivity index (χ3v) is 1.81. The van der Waals surface area contributed by atoms with Crippen molar-refractivity contribution in [3.8, 4) is 6.01 Å². The van der Waals surface area contributed by atoms with Crippen LogP contribution in [0.3, 0.4) is 0 Å². The number of Topliss-reactive ketones (excluding diaryl/α,β-unsaturated/α-hetero) is 1. The van der Waals surface area contributed by atoms with Gasteiger partial charge >= 0.3 is 6.01 Å². The van der Waals surface area contributed by atoms with Crippen LogP contribution in [0.4, 0.5) is 0 Å². The Kier molecular flexibility index (Phi) is 3.39. The first-order valence-electron chi connectivity index (χ1n) is 4.85. The van der Waals surface area contributed by atoms with Crippen LogP contribution >= 0.6 is 0 Å². The summed E-state index contributed by atoms with van der Waals surface area (Å²) in [6.45, 7) is 7.67. The second kappa shape index (κ2) is 4.38. The van der Waals surface area contributed by atoms with Gasteiger partial charge in [-0.1, -0.05) is 20.8 Å². The number of carbonyl (C=O) groups is 1. The molecule has 0 spiro atoms. The molecule has 0 bridgehead atoms. The van der Waals surface area contributed by atoms with Crippen LogP contribution in [0.2, 0.25) is 0 Å². The van der Waals surface area contributed by atoms with Gasteiger partial charge in [0.1, 0.15) is 6.61 Å². The van der Waals surface area contributed by atoms with Crippen molar-refractivity contribution in [2.24, 2.45) is 0 Å². The fraction of sp³-hybridized carbons (Fsp3) is 0.545. The number of hydrogen-bond donors (Lipinski definition) is 0. The Balaban J connectivity index is 2.79. The summed E-state index contributed by atoms with van der Waals surface area (Å²) in [5, 5.41) is 0. The molecule has 15 heavy (non-hydrogen) atoms. The first kappa shape index (κ1) is 11.6. The Morgan fingerprint density at radius 3 is 2.67 bits per heavy atom. The highest BCUT2D eigenvalue weighted by Crippen LogP contribution is 2.20. The molecule has 0 aliphatic heterocycles.